The van der Waals surface area contributed by atoms with E-state index < -0.39 is 99.4 Å². The lowest BCUT2D eigenvalue weighted by atomic mass is 9.87. The highest BCUT2D eigenvalue weighted by Gasteiger charge is 2.55. The number of fused-ring (bicyclic) bond motifs is 4. The molecule has 7 heterocycles. The molecule has 2 unspecified atom stereocenters. The Morgan fingerprint density at radius 1 is 0.782 bits per heavy atom. The van der Waals surface area contributed by atoms with Crippen LogP contribution >= 0.6 is 24.9 Å². The number of nitrogens with two attached hydrogens (primary N) is 2. The summed E-state index contributed by atoms with van der Waals surface area (Å²) >= 11 is 6.00. The zero-order valence-corrected chi connectivity index (χ0v) is 52.8. The second kappa shape index (κ2) is 32.1. The molecule has 24 nitrogen and oxygen atoms in total. The number of hydrogen-bond donors (Lipinski definition) is 5. The summed E-state index contributed by atoms with van der Waals surface area (Å²) in [4.78, 5) is 99.8. The average Bonchev–Trinajstić information content (AvgIpc) is 1.69. The number of primary amides is 1. The number of benzene rings is 1. The zero-order chi connectivity index (χ0) is 62.3. The van der Waals surface area contributed by atoms with E-state index in [1.807, 2.05) is 13.8 Å². The fraction of sp³-hybridized carbons (Fsp3) is 0.649. The molecule has 8 rings (SSSR count). The Bertz CT molecular complexity index is 3270. The molecule has 3 aliphatic rings. The number of nitrogen functional groups attached to an aromatic ring is 1. The average molecular weight is 1290 g/mol. The molecule has 0 saturated carbocycles. The Morgan fingerprint density at radius 3 is 1.97 bits per heavy atom. The molecule has 0 aliphatic carbocycles. The maximum Gasteiger partial charge on any atom is 0.389 e. The number of amides is 2. The summed E-state index contributed by atoms with van der Waals surface area (Å²) in [7, 11) is 0. The minimum absolute atomic E-state index is 0.0117. The maximum atomic E-state index is 17.1. The third kappa shape index (κ3) is 18.6. The SMILES string of the molecule is CCCCCCCCCCCCCCCC(=O)C[C@H](C(=O)N[C@@H](CCCCC(N)=O)C(=O)Cc1ccc(CSP2(=O)OC[C@H]3O[C@@H](n4cnc5c(N)ncnc54)[C@H](F)[C@@H]3OP(O)(=S)OC[C@H]3O[C@@H](n4cnc5c(=O)[nH]cnc54)[C@H](F)[C@@H]3O2)cc1)C(C)C. The Hall–Kier alpha value is -4.99. The number of halogens is 2. The lowest BCUT2D eigenvalue weighted by Crippen LogP contribution is -2.45. The number of anilines is 1. The van der Waals surface area contributed by atoms with Crippen molar-refractivity contribution in [2.75, 3.05) is 18.9 Å². The molecule has 0 bridgehead atoms. The van der Waals surface area contributed by atoms with Crippen LogP contribution in [-0.2, 0) is 75.3 Å². The highest BCUT2D eigenvalue weighted by molar-refractivity contribution is 8.54. The molecule has 478 valence electrons. The number of unbranched alkanes of at least 4 members (excludes halogenated alkanes) is 13. The molecule has 0 spiro atoms. The fourth-order valence-corrected chi connectivity index (χ4v) is 15.8. The van der Waals surface area contributed by atoms with Crippen LogP contribution in [0, 0.1) is 11.8 Å². The van der Waals surface area contributed by atoms with Gasteiger partial charge in [0.2, 0.25) is 11.8 Å². The van der Waals surface area contributed by atoms with E-state index in [-0.39, 0.29) is 83.0 Å². The molecular weight excluding hydrogens is 1210 g/mol. The van der Waals surface area contributed by atoms with E-state index in [9.17, 15) is 28.9 Å². The van der Waals surface area contributed by atoms with Crippen molar-refractivity contribution < 1.29 is 65.0 Å². The van der Waals surface area contributed by atoms with Gasteiger partial charge in [0.15, 0.2) is 53.2 Å². The van der Waals surface area contributed by atoms with Crippen LogP contribution in [0.15, 0.2) is 54.4 Å². The number of Topliss-reactive ketones (excluding diaryl/α,β-unsaturated/α-hetero) is 2. The normalized spacial score (nSPS) is 25.8. The number of hydrogen-bond acceptors (Lipinski definition) is 20. The number of nitrogens with one attached hydrogen (secondary N) is 2. The third-order valence-electron chi connectivity index (χ3n) is 15.9. The van der Waals surface area contributed by atoms with E-state index in [1.54, 1.807) is 24.3 Å². The number of carbonyl (C=O) groups excluding carboxylic acids is 4. The fourth-order valence-electron chi connectivity index (χ4n) is 11.0. The number of ether oxygens (including phenoxy) is 2. The number of H-pyrrole nitrogens is 1. The molecule has 87 heavy (non-hydrogen) atoms. The van der Waals surface area contributed by atoms with Crippen molar-refractivity contribution in [1.29, 1.82) is 0 Å². The first-order valence-electron chi connectivity index (χ1n) is 30.1. The van der Waals surface area contributed by atoms with Gasteiger partial charge in [0.1, 0.15) is 42.0 Å². The smallest absolute Gasteiger partial charge is 0.382 e. The molecule has 30 heteroatoms. The van der Waals surface area contributed by atoms with Crippen molar-refractivity contribution in [3.8, 4) is 0 Å². The first-order valence-corrected chi connectivity index (χ1v) is 35.8. The van der Waals surface area contributed by atoms with Crippen molar-refractivity contribution in [1.82, 2.24) is 44.4 Å². The first-order chi connectivity index (χ1) is 41.7. The number of nitrogens with zero attached hydrogens (tertiary/aromatic N) is 7. The monoisotopic (exact) mass is 1290 g/mol. The van der Waals surface area contributed by atoms with Gasteiger partial charge < -0.3 is 40.7 Å². The van der Waals surface area contributed by atoms with Gasteiger partial charge in [-0.25, -0.2) is 38.3 Å². The van der Waals surface area contributed by atoms with Crippen LogP contribution in [0.2, 0.25) is 0 Å². The molecule has 1 aromatic carbocycles. The Balaban J connectivity index is 0.927. The van der Waals surface area contributed by atoms with Gasteiger partial charge in [-0.05, 0) is 59.5 Å². The largest absolute Gasteiger partial charge is 0.389 e. The van der Waals surface area contributed by atoms with Gasteiger partial charge in [-0.1, -0.05) is 129 Å². The summed E-state index contributed by atoms with van der Waals surface area (Å²) in [6.45, 7) is -4.53. The molecule has 5 aromatic rings. The summed E-state index contributed by atoms with van der Waals surface area (Å²) in [6.07, 6.45) is 7.80. The second-order valence-electron chi connectivity index (χ2n) is 22.9. The van der Waals surface area contributed by atoms with Gasteiger partial charge in [-0.3, -0.25) is 46.7 Å². The van der Waals surface area contributed by atoms with Crippen LogP contribution in [0.3, 0.4) is 0 Å². The van der Waals surface area contributed by atoms with Gasteiger partial charge in [0.25, 0.3) is 5.56 Å². The van der Waals surface area contributed by atoms with Gasteiger partial charge in [0.05, 0.1) is 38.2 Å². The van der Waals surface area contributed by atoms with Gasteiger partial charge in [-0.15, -0.1) is 0 Å². The minimum atomic E-state index is -4.64. The Labute approximate surface area is 513 Å². The topological polar surface area (TPSA) is 332 Å². The van der Waals surface area contributed by atoms with Gasteiger partial charge in [0, 0.05) is 37.4 Å². The number of ketones is 2. The molecule has 7 N–H and O–H groups in total. The quantitative estimate of drug-likeness (QED) is 0.0198. The molecule has 4 aromatic heterocycles. The van der Waals surface area contributed by atoms with Crippen molar-refractivity contribution >= 4 is 88.2 Å². The third-order valence-corrected chi connectivity index (χ3v) is 21.2. The maximum absolute atomic E-state index is 17.1. The number of aromatic nitrogens is 8. The summed E-state index contributed by atoms with van der Waals surface area (Å²) in [5, 5.41) is 2.95. The van der Waals surface area contributed by atoms with E-state index >= 15 is 13.3 Å². The Morgan fingerprint density at radius 2 is 1.34 bits per heavy atom. The molecule has 0 radical (unpaired) electrons. The van der Waals surface area contributed by atoms with Gasteiger partial charge >= 0.3 is 13.5 Å². The van der Waals surface area contributed by atoms with Crippen molar-refractivity contribution in [2.45, 2.75) is 210 Å². The number of carbonyl (C=O) groups is 4. The number of rotatable bonds is 32. The number of alkyl halides is 2. The van der Waals surface area contributed by atoms with E-state index in [2.05, 4.69) is 42.1 Å². The summed E-state index contributed by atoms with van der Waals surface area (Å²) < 4.78 is 87.5. The second-order valence-corrected chi connectivity index (χ2v) is 29.7. The lowest BCUT2D eigenvalue weighted by Gasteiger charge is -2.30. The highest BCUT2D eigenvalue weighted by atomic mass is 32.7. The number of aromatic amines is 1. The summed E-state index contributed by atoms with van der Waals surface area (Å²) in [5.74, 6) is -2.07. The molecule has 3 fully saturated rings. The molecule has 2 amide bonds. The van der Waals surface area contributed by atoms with Crippen LogP contribution in [-0.4, -0.2) is 123 Å². The van der Waals surface area contributed by atoms with Crippen LogP contribution in [0.5, 0.6) is 0 Å². The summed E-state index contributed by atoms with van der Waals surface area (Å²) in [6, 6.07) is 5.81. The molecule has 12 atom stereocenters. The summed E-state index contributed by atoms with van der Waals surface area (Å²) in [5.41, 5.74) is 12.0. The minimum Gasteiger partial charge on any atom is -0.382 e. The van der Waals surface area contributed by atoms with Crippen LogP contribution in [0.25, 0.3) is 22.3 Å². The van der Waals surface area contributed by atoms with Crippen molar-refractivity contribution in [2.24, 2.45) is 17.6 Å². The van der Waals surface area contributed by atoms with E-state index in [4.69, 9.17) is 50.8 Å². The standard InChI is InChI=1S/C57H81F2N11O13P2S2/c1-4-5-6-7-8-9-10-11-12-13-14-15-16-19-38(71)27-39(35(2)3)54(74)68-40(20-17-18-21-44(60)73)41(72)26-36-22-24-37(25-23-36)30-87-85(77)79-29-43-49(45(58)56(81-43)69-33-66-47-51(61)62-31-63-52(47)69)82-84(76,86)78-28-42-50(83-85)46(59)57(80-42)70-34-67-48-53(70)64-32-65-55(48)75/h22-25,31-35,39-40,42-43,45-46,49-50,56-57H,4-21,26-30H2,1-3H3,(H2,60,73)(H,68,74)(H,76,86)(H2,61,62,63)(H,64,65,75)/t39-,40-,42+,43+,45+,46+,49+,50+,56+,57+,84?,85?/m0/s1. The van der Waals surface area contributed by atoms with Crippen LogP contribution < -0.4 is 22.3 Å². The number of imidazole rings is 2. The van der Waals surface area contributed by atoms with E-state index in [0.29, 0.717) is 41.8 Å². The highest BCUT2D eigenvalue weighted by Crippen LogP contribution is 2.65. The molecule has 3 aliphatic heterocycles. The Kier molecular flexibility index (Phi) is 25.1. The van der Waals surface area contributed by atoms with Crippen LogP contribution in [0.4, 0.5) is 14.6 Å². The van der Waals surface area contributed by atoms with E-state index in [1.165, 1.54) is 68.7 Å². The molecular formula is C57H81F2N11O13P2S2. The van der Waals surface area contributed by atoms with Crippen LogP contribution in [0.1, 0.15) is 166 Å². The predicted octanol–water partition coefficient (Wildman–Crippen LogP) is 9.44. The predicted molar refractivity (Wildman–Crippen MR) is 326 cm³/mol. The molecule has 3 saturated heterocycles. The van der Waals surface area contributed by atoms with Crippen molar-refractivity contribution in [3.63, 3.8) is 0 Å². The van der Waals surface area contributed by atoms with Crippen molar-refractivity contribution in [3.05, 3.63) is 71.1 Å². The zero-order valence-electron chi connectivity index (χ0n) is 49.3. The van der Waals surface area contributed by atoms with E-state index in [0.717, 1.165) is 49.2 Å². The van der Waals surface area contributed by atoms with Gasteiger partial charge in [-0.2, -0.15) is 0 Å². The first kappa shape index (κ1) is 67.9. The lowest BCUT2D eigenvalue weighted by molar-refractivity contribution is -0.133.